The van der Waals surface area contributed by atoms with Gasteiger partial charge in [-0.2, -0.15) is 0 Å². The van der Waals surface area contributed by atoms with Gasteiger partial charge < -0.3 is 11.1 Å². The van der Waals surface area contributed by atoms with Crippen molar-refractivity contribution in [3.05, 3.63) is 52.5 Å². The molecule has 0 heterocycles. The van der Waals surface area contributed by atoms with Gasteiger partial charge >= 0.3 is 0 Å². The molecule has 0 aliphatic rings. The molecule has 3 N–H and O–H groups in total. The van der Waals surface area contributed by atoms with E-state index in [-0.39, 0.29) is 5.91 Å². The Morgan fingerprint density at radius 2 is 1.86 bits per heavy atom. The molecular formula is C15H14Cl2N2OS. The van der Waals surface area contributed by atoms with Crippen molar-refractivity contribution in [3.63, 3.8) is 0 Å². The monoisotopic (exact) mass is 340 g/mol. The number of nitrogen functional groups attached to an aromatic ring is 1. The molecule has 110 valence electrons. The van der Waals surface area contributed by atoms with Crippen LogP contribution in [-0.2, 0) is 4.79 Å². The second-order valence-corrected chi connectivity index (χ2v) is 6.32. The maximum Gasteiger partial charge on any atom is 0.225 e. The van der Waals surface area contributed by atoms with Gasteiger partial charge in [0.25, 0.3) is 0 Å². The van der Waals surface area contributed by atoms with Crippen molar-refractivity contribution in [1.82, 2.24) is 0 Å². The number of rotatable bonds is 5. The van der Waals surface area contributed by atoms with Crippen molar-refractivity contribution in [3.8, 4) is 0 Å². The van der Waals surface area contributed by atoms with Crippen LogP contribution in [0.4, 0.5) is 11.4 Å². The normalized spacial score (nSPS) is 10.4. The highest BCUT2D eigenvalue weighted by molar-refractivity contribution is 7.99. The van der Waals surface area contributed by atoms with E-state index in [1.54, 1.807) is 42.5 Å². The lowest BCUT2D eigenvalue weighted by atomic mass is 10.3. The summed E-state index contributed by atoms with van der Waals surface area (Å²) in [5.41, 5.74) is 6.99. The van der Waals surface area contributed by atoms with Gasteiger partial charge in [-0.3, -0.25) is 4.79 Å². The first-order valence-corrected chi connectivity index (χ1v) is 8.02. The third kappa shape index (κ3) is 5.16. The molecule has 0 saturated heterocycles. The molecule has 0 atom stereocenters. The van der Waals surface area contributed by atoms with Crippen LogP contribution in [0.1, 0.15) is 6.42 Å². The number of thioether (sulfide) groups is 1. The predicted molar refractivity (Wildman–Crippen MR) is 91.3 cm³/mol. The minimum Gasteiger partial charge on any atom is -0.399 e. The van der Waals surface area contributed by atoms with E-state index in [0.29, 0.717) is 27.9 Å². The lowest BCUT2D eigenvalue weighted by Crippen LogP contribution is -2.12. The molecule has 0 bridgehead atoms. The lowest BCUT2D eigenvalue weighted by molar-refractivity contribution is -0.115. The summed E-state index contributed by atoms with van der Waals surface area (Å²) in [6, 6.07) is 12.3. The highest BCUT2D eigenvalue weighted by Gasteiger charge is 2.06. The average molecular weight is 341 g/mol. The van der Waals surface area contributed by atoms with Gasteiger partial charge in [-0.1, -0.05) is 23.2 Å². The van der Waals surface area contributed by atoms with Crippen LogP contribution in [0.2, 0.25) is 10.0 Å². The molecule has 0 fully saturated rings. The van der Waals surface area contributed by atoms with Gasteiger partial charge in [0.1, 0.15) is 0 Å². The van der Waals surface area contributed by atoms with Crippen LogP contribution in [0.15, 0.2) is 47.4 Å². The summed E-state index contributed by atoms with van der Waals surface area (Å²) in [5, 5.41) is 4.09. The summed E-state index contributed by atoms with van der Waals surface area (Å²) >= 11 is 13.5. The Hall–Kier alpha value is -1.36. The number of carbonyl (C=O) groups excluding carboxylic acids is 1. The van der Waals surface area contributed by atoms with Crippen molar-refractivity contribution < 1.29 is 4.79 Å². The van der Waals surface area contributed by atoms with Crippen LogP contribution in [0, 0.1) is 0 Å². The van der Waals surface area contributed by atoms with Crippen molar-refractivity contribution in [1.29, 1.82) is 0 Å². The topological polar surface area (TPSA) is 55.1 Å². The van der Waals surface area contributed by atoms with Crippen LogP contribution in [0.5, 0.6) is 0 Å². The van der Waals surface area contributed by atoms with Crippen LogP contribution >= 0.6 is 35.0 Å². The van der Waals surface area contributed by atoms with E-state index in [0.717, 1.165) is 10.6 Å². The van der Waals surface area contributed by atoms with E-state index in [4.69, 9.17) is 28.9 Å². The van der Waals surface area contributed by atoms with E-state index in [9.17, 15) is 4.79 Å². The number of halogens is 2. The zero-order valence-corrected chi connectivity index (χ0v) is 13.4. The highest BCUT2D eigenvalue weighted by atomic mass is 35.5. The van der Waals surface area contributed by atoms with Gasteiger partial charge in [0.15, 0.2) is 0 Å². The Kier molecular flexibility index (Phi) is 5.79. The van der Waals surface area contributed by atoms with E-state index in [2.05, 4.69) is 5.32 Å². The third-order valence-electron chi connectivity index (χ3n) is 2.67. The van der Waals surface area contributed by atoms with Gasteiger partial charge in [-0.25, -0.2) is 0 Å². The van der Waals surface area contributed by atoms with Crippen LogP contribution in [0.25, 0.3) is 0 Å². The summed E-state index contributed by atoms with van der Waals surface area (Å²) in [6.07, 6.45) is 0.387. The van der Waals surface area contributed by atoms with Crippen LogP contribution < -0.4 is 11.1 Å². The summed E-state index contributed by atoms with van der Waals surface area (Å²) < 4.78 is 0. The largest absolute Gasteiger partial charge is 0.399 e. The summed E-state index contributed by atoms with van der Waals surface area (Å²) in [6.45, 7) is 0. The van der Waals surface area contributed by atoms with E-state index in [1.165, 1.54) is 11.8 Å². The van der Waals surface area contributed by atoms with Gasteiger partial charge in [0.05, 0.1) is 5.02 Å². The Labute approximate surface area is 137 Å². The maximum absolute atomic E-state index is 11.8. The number of hydrogen-bond acceptors (Lipinski definition) is 3. The zero-order valence-electron chi connectivity index (χ0n) is 11.1. The molecule has 3 nitrogen and oxygen atoms in total. The molecule has 2 aromatic rings. The Morgan fingerprint density at radius 1 is 1.14 bits per heavy atom. The zero-order chi connectivity index (χ0) is 15.2. The molecule has 2 aromatic carbocycles. The number of nitrogens with two attached hydrogens (primary N) is 1. The maximum atomic E-state index is 11.8. The van der Waals surface area contributed by atoms with Crippen molar-refractivity contribution in [2.75, 3.05) is 16.8 Å². The molecule has 2 rings (SSSR count). The second-order valence-electron chi connectivity index (χ2n) is 4.34. The van der Waals surface area contributed by atoms with E-state index in [1.807, 2.05) is 0 Å². The molecule has 0 spiro atoms. The van der Waals surface area contributed by atoms with Gasteiger partial charge in [-0.15, -0.1) is 11.8 Å². The second kappa shape index (κ2) is 7.59. The summed E-state index contributed by atoms with van der Waals surface area (Å²) in [5.74, 6) is 0.575. The molecule has 0 aromatic heterocycles. The van der Waals surface area contributed by atoms with Crippen molar-refractivity contribution >= 4 is 52.2 Å². The molecule has 21 heavy (non-hydrogen) atoms. The molecule has 0 aliphatic carbocycles. The van der Waals surface area contributed by atoms with Gasteiger partial charge in [0, 0.05) is 33.5 Å². The smallest absolute Gasteiger partial charge is 0.225 e. The number of amides is 1. The van der Waals surface area contributed by atoms with Crippen LogP contribution in [0.3, 0.4) is 0 Å². The standard InChI is InChI=1S/C15H14Cl2N2OS/c16-10-1-6-13(17)14(9-10)21-8-7-15(20)19-12-4-2-11(18)3-5-12/h1-6,9H,7-8,18H2,(H,19,20). The minimum atomic E-state index is -0.0505. The predicted octanol–water partition coefficient (Wildman–Crippen LogP) is 4.70. The molecular weight excluding hydrogens is 327 g/mol. The SMILES string of the molecule is Nc1ccc(NC(=O)CCSc2cc(Cl)ccc2Cl)cc1. The molecule has 0 saturated carbocycles. The molecule has 0 aliphatic heterocycles. The first kappa shape index (κ1) is 16.0. The molecule has 0 unspecified atom stereocenters. The van der Waals surface area contributed by atoms with Crippen molar-refractivity contribution in [2.24, 2.45) is 0 Å². The van der Waals surface area contributed by atoms with Crippen molar-refractivity contribution in [2.45, 2.75) is 11.3 Å². The number of benzene rings is 2. The molecule has 6 heteroatoms. The first-order valence-electron chi connectivity index (χ1n) is 6.28. The summed E-state index contributed by atoms with van der Waals surface area (Å²) in [4.78, 5) is 12.7. The Bertz CT molecular complexity index is 632. The van der Waals surface area contributed by atoms with Crippen LogP contribution in [-0.4, -0.2) is 11.7 Å². The lowest BCUT2D eigenvalue weighted by Gasteiger charge is -2.06. The molecule has 1 amide bonds. The fourth-order valence-electron chi connectivity index (χ4n) is 1.63. The highest BCUT2D eigenvalue weighted by Crippen LogP contribution is 2.30. The number of nitrogens with one attached hydrogen (secondary N) is 1. The van der Waals surface area contributed by atoms with E-state index < -0.39 is 0 Å². The fourth-order valence-corrected chi connectivity index (χ4v) is 3.07. The Morgan fingerprint density at radius 3 is 2.57 bits per heavy atom. The number of hydrogen-bond donors (Lipinski definition) is 2. The van der Waals surface area contributed by atoms with Gasteiger partial charge in [0.2, 0.25) is 5.91 Å². The van der Waals surface area contributed by atoms with E-state index >= 15 is 0 Å². The number of anilines is 2. The third-order valence-corrected chi connectivity index (χ3v) is 4.41. The minimum absolute atomic E-state index is 0.0505. The fraction of sp³-hybridized carbons (Fsp3) is 0.133. The van der Waals surface area contributed by atoms with Gasteiger partial charge in [-0.05, 0) is 42.5 Å². The average Bonchev–Trinajstić information content (AvgIpc) is 2.45. The summed E-state index contributed by atoms with van der Waals surface area (Å²) in [7, 11) is 0. The number of carbonyl (C=O) groups is 1. The quantitative estimate of drug-likeness (QED) is 0.612. The molecule has 0 radical (unpaired) electrons. The first-order chi connectivity index (χ1) is 10.0. The Balaban J connectivity index is 1.81.